The molecule has 29 heavy (non-hydrogen) atoms. The fraction of sp³-hybridized carbons (Fsp3) is 0.526. The highest BCUT2D eigenvalue weighted by Crippen LogP contribution is 2.44. The molecule has 0 aliphatic heterocycles. The van der Waals surface area contributed by atoms with Gasteiger partial charge in [0.1, 0.15) is 6.33 Å². The molecular weight excluding hydrogens is 496 g/mol. The molecule has 1 aromatic heterocycles. The van der Waals surface area contributed by atoms with Crippen LogP contribution in [-0.2, 0) is 24.7 Å². The average molecular weight is 522 g/mol. The molecule has 0 amide bonds. The SMILES string of the molecule is CCn1cnnc1CNC(=NC)NCC1(c2cccc(C(F)(F)F)c2)CCC1.I. The summed E-state index contributed by atoms with van der Waals surface area (Å²) in [7, 11) is 1.66. The summed E-state index contributed by atoms with van der Waals surface area (Å²) in [6, 6.07) is 5.67. The molecule has 2 N–H and O–H groups in total. The topological polar surface area (TPSA) is 67.1 Å². The molecule has 1 fully saturated rings. The monoisotopic (exact) mass is 522 g/mol. The van der Waals surface area contributed by atoms with Gasteiger partial charge in [-0.2, -0.15) is 13.2 Å². The van der Waals surface area contributed by atoms with Gasteiger partial charge < -0.3 is 15.2 Å². The van der Waals surface area contributed by atoms with Gasteiger partial charge in [0.15, 0.2) is 11.8 Å². The molecule has 0 saturated heterocycles. The van der Waals surface area contributed by atoms with Crippen LogP contribution in [-0.4, -0.2) is 34.3 Å². The van der Waals surface area contributed by atoms with Crippen molar-refractivity contribution >= 4 is 29.9 Å². The minimum atomic E-state index is -4.33. The second kappa shape index (κ2) is 9.77. The van der Waals surface area contributed by atoms with E-state index in [9.17, 15) is 13.2 Å². The van der Waals surface area contributed by atoms with Crippen molar-refractivity contribution in [3.63, 3.8) is 0 Å². The first-order valence-electron chi connectivity index (χ1n) is 9.37. The van der Waals surface area contributed by atoms with E-state index in [-0.39, 0.29) is 29.4 Å². The standard InChI is InChI=1S/C19H25F3N6.HI/c1-3-28-13-26-27-16(28)11-24-17(23-2)25-12-18(8-5-9-18)14-6-4-7-15(10-14)19(20,21)22;/h4,6-7,10,13H,3,5,8-9,11-12H2,1-2H3,(H2,23,24,25);1H. The van der Waals surface area contributed by atoms with Crippen molar-refractivity contribution < 1.29 is 13.2 Å². The van der Waals surface area contributed by atoms with Crippen LogP contribution < -0.4 is 10.6 Å². The van der Waals surface area contributed by atoms with Crippen LogP contribution in [0.15, 0.2) is 35.6 Å². The van der Waals surface area contributed by atoms with E-state index in [1.165, 1.54) is 12.1 Å². The Hall–Kier alpha value is -1.85. The molecule has 0 atom stereocenters. The summed E-state index contributed by atoms with van der Waals surface area (Å²) in [5.41, 5.74) is -0.178. The Morgan fingerprint density at radius 3 is 2.62 bits per heavy atom. The van der Waals surface area contributed by atoms with Gasteiger partial charge in [-0.25, -0.2) is 0 Å². The number of guanidine groups is 1. The van der Waals surface area contributed by atoms with E-state index in [1.54, 1.807) is 19.4 Å². The van der Waals surface area contributed by atoms with E-state index in [0.29, 0.717) is 19.0 Å². The summed E-state index contributed by atoms with van der Waals surface area (Å²) >= 11 is 0. The van der Waals surface area contributed by atoms with E-state index >= 15 is 0 Å². The van der Waals surface area contributed by atoms with E-state index in [2.05, 4.69) is 25.8 Å². The lowest BCUT2D eigenvalue weighted by Crippen LogP contribution is -2.49. The highest BCUT2D eigenvalue weighted by molar-refractivity contribution is 14.0. The zero-order valence-electron chi connectivity index (χ0n) is 16.5. The van der Waals surface area contributed by atoms with Crippen LogP contribution in [0, 0.1) is 0 Å². The van der Waals surface area contributed by atoms with Gasteiger partial charge in [-0.15, -0.1) is 34.2 Å². The Balaban J connectivity index is 0.00000300. The maximum absolute atomic E-state index is 13.1. The molecule has 0 spiro atoms. The Bertz CT molecular complexity index is 829. The summed E-state index contributed by atoms with van der Waals surface area (Å²) in [4.78, 5) is 4.21. The van der Waals surface area contributed by atoms with E-state index < -0.39 is 11.7 Å². The summed E-state index contributed by atoms with van der Waals surface area (Å²) in [6.45, 7) is 3.77. The third-order valence-electron chi connectivity index (χ3n) is 5.38. The Labute approximate surface area is 185 Å². The van der Waals surface area contributed by atoms with Gasteiger partial charge in [0, 0.05) is 25.6 Å². The van der Waals surface area contributed by atoms with Crippen LogP contribution in [0.1, 0.15) is 43.1 Å². The van der Waals surface area contributed by atoms with Crippen molar-refractivity contribution in [2.24, 2.45) is 4.99 Å². The summed E-state index contributed by atoms with van der Waals surface area (Å²) in [5.74, 6) is 1.38. The van der Waals surface area contributed by atoms with Gasteiger partial charge in [-0.3, -0.25) is 4.99 Å². The number of nitrogens with one attached hydrogen (secondary N) is 2. The van der Waals surface area contributed by atoms with Gasteiger partial charge in [0.25, 0.3) is 0 Å². The van der Waals surface area contributed by atoms with Gasteiger partial charge in [0.2, 0.25) is 0 Å². The second-order valence-electron chi connectivity index (χ2n) is 7.02. The Morgan fingerprint density at radius 1 is 1.28 bits per heavy atom. The predicted molar refractivity (Wildman–Crippen MR) is 116 cm³/mol. The van der Waals surface area contributed by atoms with Crippen LogP contribution in [0.3, 0.4) is 0 Å². The number of benzene rings is 1. The van der Waals surface area contributed by atoms with Crippen LogP contribution in [0.25, 0.3) is 0 Å². The minimum Gasteiger partial charge on any atom is -0.356 e. The van der Waals surface area contributed by atoms with Crippen LogP contribution in [0.2, 0.25) is 0 Å². The number of hydrogen-bond acceptors (Lipinski definition) is 3. The highest BCUT2D eigenvalue weighted by Gasteiger charge is 2.40. The molecule has 160 valence electrons. The smallest absolute Gasteiger partial charge is 0.356 e. The van der Waals surface area contributed by atoms with Crippen LogP contribution in [0.5, 0.6) is 0 Å². The molecule has 0 bridgehead atoms. The second-order valence-corrected chi connectivity index (χ2v) is 7.02. The fourth-order valence-electron chi connectivity index (χ4n) is 3.51. The van der Waals surface area contributed by atoms with Gasteiger partial charge in [0.05, 0.1) is 12.1 Å². The molecule has 1 aliphatic rings. The van der Waals surface area contributed by atoms with Crippen molar-refractivity contribution in [1.82, 2.24) is 25.4 Å². The third kappa shape index (κ3) is 5.40. The maximum Gasteiger partial charge on any atom is 0.416 e. The lowest BCUT2D eigenvalue weighted by molar-refractivity contribution is -0.137. The number of halogens is 4. The molecule has 0 radical (unpaired) electrons. The van der Waals surface area contributed by atoms with Crippen molar-refractivity contribution in [1.29, 1.82) is 0 Å². The number of hydrogen-bond donors (Lipinski definition) is 2. The normalized spacial score (nSPS) is 16.0. The zero-order chi connectivity index (χ0) is 20.2. The van der Waals surface area contributed by atoms with Gasteiger partial charge >= 0.3 is 6.18 Å². The third-order valence-corrected chi connectivity index (χ3v) is 5.38. The molecule has 0 unspecified atom stereocenters. The Morgan fingerprint density at radius 2 is 2.03 bits per heavy atom. The van der Waals surface area contributed by atoms with Gasteiger partial charge in [-0.1, -0.05) is 24.6 Å². The van der Waals surface area contributed by atoms with Crippen molar-refractivity contribution in [3.05, 3.63) is 47.5 Å². The lowest BCUT2D eigenvalue weighted by atomic mass is 9.64. The maximum atomic E-state index is 13.1. The first-order valence-corrected chi connectivity index (χ1v) is 9.37. The first kappa shape index (κ1) is 23.4. The van der Waals surface area contributed by atoms with Crippen molar-refractivity contribution in [3.8, 4) is 0 Å². The first-order chi connectivity index (χ1) is 13.4. The molecule has 2 aromatic rings. The molecule has 3 rings (SSSR count). The number of nitrogens with zero attached hydrogens (tertiary/aromatic N) is 4. The number of aryl methyl sites for hydroxylation is 1. The molecule has 10 heteroatoms. The average Bonchev–Trinajstić information content (AvgIpc) is 3.10. The lowest BCUT2D eigenvalue weighted by Gasteiger charge is -2.43. The predicted octanol–water partition coefficient (Wildman–Crippen LogP) is 3.72. The number of aliphatic imine (C=N–C) groups is 1. The van der Waals surface area contributed by atoms with Gasteiger partial charge in [-0.05, 0) is 31.4 Å². The minimum absolute atomic E-state index is 0. The van der Waals surface area contributed by atoms with Crippen molar-refractivity contribution in [2.45, 2.75) is 50.9 Å². The van der Waals surface area contributed by atoms with E-state index in [0.717, 1.165) is 43.3 Å². The quantitative estimate of drug-likeness (QED) is 0.345. The molecule has 1 saturated carbocycles. The van der Waals surface area contributed by atoms with E-state index in [4.69, 9.17) is 0 Å². The molecular formula is C19H26F3IN6. The number of rotatable bonds is 6. The molecule has 1 aliphatic carbocycles. The van der Waals surface area contributed by atoms with Crippen molar-refractivity contribution in [2.75, 3.05) is 13.6 Å². The molecule has 1 heterocycles. The Kier molecular flexibility index (Phi) is 7.89. The zero-order valence-corrected chi connectivity index (χ0v) is 18.8. The molecule has 6 nitrogen and oxygen atoms in total. The van der Waals surface area contributed by atoms with E-state index in [1.807, 2.05) is 11.5 Å². The number of aromatic nitrogens is 3. The summed E-state index contributed by atoms with van der Waals surface area (Å²) < 4.78 is 41.2. The summed E-state index contributed by atoms with van der Waals surface area (Å²) in [5, 5.41) is 14.4. The number of alkyl halides is 3. The van der Waals surface area contributed by atoms with Crippen LogP contribution >= 0.6 is 24.0 Å². The summed E-state index contributed by atoms with van der Waals surface area (Å²) in [6.07, 6.45) is 0.0416. The highest BCUT2D eigenvalue weighted by atomic mass is 127. The molecule has 1 aromatic carbocycles. The van der Waals surface area contributed by atoms with Crippen LogP contribution in [0.4, 0.5) is 13.2 Å². The fourth-order valence-corrected chi connectivity index (χ4v) is 3.51. The largest absolute Gasteiger partial charge is 0.416 e.